The van der Waals surface area contributed by atoms with E-state index >= 15 is 0 Å². The van der Waals surface area contributed by atoms with Crippen molar-refractivity contribution in [2.75, 3.05) is 26.2 Å². The number of aromatic amines is 1. The Kier molecular flexibility index (Phi) is 4.67. The van der Waals surface area contributed by atoms with Gasteiger partial charge in [-0.3, -0.25) is 4.79 Å². The van der Waals surface area contributed by atoms with Crippen LogP contribution in [-0.2, 0) is 14.8 Å². The van der Waals surface area contributed by atoms with E-state index in [1.54, 1.807) is 11.8 Å². The fraction of sp³-hybridized carbons (Fsp3) is 0.692. The molecular weight excluding hydrogens is 292 g/mol. The second-order valence-corrected chi connectivity index (χ2v) is 7.62. The van der Waals surface area contributed by atoms with Gasteiger partial charge in [-0.1, -0.05) is 13.8 Å². The predicted octanol–water partition coefficient (Wildman–Crippen LogP) is 0.597. The third-order valence-electron chi connectivity index (χ3n) is 3.47. The maximum absolute atomic E-state index is 12.4. The number of imidazole rings is 1. The number of nitrogens with zero attached hydrogens (tertiary/aromatic N) is 3. The Morgan fingerprint density at radius 2 is 1.95 bits per heavy atom. The summed E-state index contributed by atoms with van der Waals surface area (Å²) in [5, 5.41) is 0.113. The number of piperazine rings is 1. The van der Waals surface area contributed by atoms with Crippen molar-refractivity contribution < 1.29 is 13.2 Å². The Bertz CT molecular complexity index is 601. The molecule has 2 heterocycles. The second kappa shape index (κ2) is 6.15. The van der Waals surface area contributed by atoms with Gasteiger partial charge in [0.05, 0.1) is 6.20 Å². The van der Waals surface area contributed by atoms with Crippen LogP contribution in [0.25, 0.3) is 0 Å². The van der Waals surface area contributed by atoms with E-state index < -0.39 is 10.0 Å². The summed E-state index contributed by atoms with van der Waals surface area (Å²) >= 11 is 0. The number of rotatable bonds is 4. The van der Waals surface area contributed by atoms with Crippen molar-refractivity contribution in [3.05, 3.63) is 12.0 Å². The number of amides is 1. The van der Waals surface area contributed by atoms with Crippen molar-refractivity contribution in [3.63, 3.8) is 0 Å². The average Bonchev–Trinajstić information content (AvgIpc) is 2.85. The van der Waals surface area contributed by atoms with Gasteiger partial charge in [0.15, 0.2) is 5.03 Å². The van der Waals surface area contributed by atoms with Crippen molar-refractivity contribution in [1.82, 2.24) is 19.2 Å². The first kappa shape index (κ1) is 16.0. The van der Waals surface area contributed by atoms with E-state index in [0.29, 0.717) is 44.3 Å². The highest BCUT2D eigenvalue weighted by molar-refractivity contribution is 7.89. The van der Waals surface area contributed by atoms with E-state index in [-0.39, 0.29) is 10.9 Å². The molecule has 7 nitrogen and oxygen atoms in total. The molecule has 0 unspecified atom stereocenters. The fourth-order valence-corrected chi connectivity index (χ4v) is 3.71. The topological polar surface area (TPSA) is 86.4 Å². The molecule has 0 bridgehead atoms. The van der Waals surface area contributed by atoms with E-state index in [0.717, 1.165) is 0 Å². The average molecular weight is 314 g/mol. The summed E-state index contributed by atoms with van der Waals surface area (Å²) in [6.07, 6.45) is 1.84. The molecule has 0 aromatic carbocycles. The Labute approximate surface area is 125 Å². The van der Waals surface area contributed by atoms with E-state index in [9.17, 15) is 13.2 Å². The lowest BCUT2D eigenvalue weighted by Crippen LogP contribution is -2.50. The van der Waals surface area contributed by atoms with Gasteiger partial charge in [-0.2, -0.15) is 4.31 Å². The molecule has 0 radical (unpaired) electrons. The van der Waals surface area contributed by atoms with E-state index in [1.165, 1.54) is 10.5 Å². The minimum absolute atomic E-state index is 0.0967. The Morgan fingerprint density at radius 1 is 1.33 bits per heavy atom. The molecule has 1 aromatic rings. The monoisotopic (exact) mass is 314 g/mol. The number of carbonyl (C=O) groups is 1. The Hall–Kier alpha value is -1.41. The first-order valence-electron chi connectivity index (χ1n) is 7.10. The molecule has 1 aliphatic heterocycles. The van der Waals surface area contributed by atoms with Gasteiger partial charge in [-0.15, -0.1) is 0 Å². The van der Waals surface area contributed by atoms with Crippen LogP contribution in [-0.4, -0.2) is 59.7 Å². The highest BCUT2D eigenvalue weighted by Crippen LogP contribution is 2.16. The molecule has 2 rings (SSSR count). The van der Waals surface area contributed by atoms with Crippen molar-refractivity contribution in [3.8, 4) is 0 Å². The zero-order valence-electron chi connectivity index (χ0n) is 12.7. The molecule has 0 saturated carbocycles. The first-order chi connectivity index (χ1) is 9.80. The van der Waals surface area contributed by atoms with Gasteiger partial charge in [0.1, 0.15) is 5.82 Å². The molecule has 1 fully saturated rings. The summed E-state index contributed by atoms with van der Waals surface area (Å²) in [7, 11) is -3.54. The van der Waals surface area contributed by atoms with Crippen LogP contribution in [0.4, 0.5) is 0 Å². The lowest BCUT2D eigenvalue weighted by atomic mass is 10.1. The Balaban J connectivity index is 1.99. The van der Waals surface area contributed by atoms with Crippen LogP contribution in [0.1, 0.15) is 26.1 Å². The summed E-state index contributed by atoms with van der Waals surface area (Å²) < 4.78 is 26.2. The van der Waals surface area contributed by atoms with Gasteiger partial charge in [-0.05, 0) is 12.8 Å². The van der Waals surface area contributed by atoms with Gasteiger partial charge in [0, 0.05) is 32.6 Å². The lowest BCUT2D eigenvalue weighted by molar-refractivity contribution is -0.133. The summed E-state index contributed by atoms with van der Waals surface area (Å²) in [5.74, 6) is 0.978. The molecule has 1 saturated heterocycles. The molecule has 0 atom stereocenters. The number of H-pyrrole nitrogens is 1. The SMILES string of the molecule is Cc1ncc(S(=O)(=O)N2CCN(C(=O)CC(C)C)CC2)[nH]1. The maximum atomic E-state index is 12.4. The van der Waals surface area contributed by atoms with Gasteiger partial charge in [0.25, 0.3) is 10.0 Å². The third kappa shape index (κ3) is 3.62. The number of hydrogen-bond acceptors (Lipinski definition) is 4. The van der Waals surface area contributed by atoms with Crippen LogP contribution >= 0.6 is 0 Å². The number of sulfonamides is 1. The Morgan fingerprint density at radius 3 is 2.43 bits per heavy atom. The molecule has 0 aliphatic carbocycles. The molecule has 1 N–H and O–H groups in total. The number of nitrogens with one attached hydrogen (secondary N) is 1. The van der Waals surface area contributed by atoms with Crippen LogP contribution in [0.5, 0.6) is 0 Å². The van der Waals surface area contributed by atoms with E-state index in [1.807, 2.05) is 13.8 Å². The molecule has 118 valence electrons. The first-order valence-corrected chi connectivity index (χ1v) is 8.54. The zero-order chi connectivity index (χ0) is 15.6. The van der Waals surface area contributed by atoms with Gasteiger partial charge >= 0.3 is 0 Å². The number of aryl methyl sites for hydroxylation is 1. The van der Waals surface area contributed by atoms with Crippen LogP contribution in [0.2, 0.25) is 0 Å². The highest BCUT2D eigenvalue weighted by atomic mass is 32.2. The van der Waals surface area contributed by atoms with Crippen LogP contribution in [0.15, 0.2) is 11.2 Å². The molecule has 1 aromatic heterocycles. The van der Waals surface area contributed by atoms with Gasteiger partial charge in [0.2, 0.25) is 5.91 Å². The second-order valence-electron chi connectivity index (χ2n) is 5.72. The smallest absolute Gasteiger partial charge is 0.260 e. The van der Waals surface area contributed by atoms with Gasteiger partial charge in [-0.25, -0.2) is 13.4 Å². The number of carbonyl (C=O) groups excluding carboxylic acids is 1. The van der Waals surface area contributed by atoms with Crippen LogP contribution < -0.4 is 0 Å². The largest absolute Gasteiger partial charge is 0.340 e. The molecule has 21 heavy (non-hydrogen) atoms. The normalized spacial score (nSPS) is 17.4. The quantitative estimate of drug-likeness (QED) is 0.881. The third-order valence-corrected chi connectivity index (χ3v) is 5.28. The predicted molar refractivity (Wildman–Crippen MR) is 78.1 cm³/mol. The molecule has 1 amide bonds. The number of hydrogen-bond donors (Lipinski definition) is 1. The van der Waals surface area contributed by atoms with Crippen LogP contribution in [0, 0.1) is 12.8 Å². The maximum Gasteiger partial charge on any atom is 0.260 e. The molecule has 8 heteroatoms. The summed E-state index contributed by atoms with van der Waals surface area (Å²) in [6, 6.07) is 0. The molecule has 1 aliphatic rings. The van der Waals surface area contributed by atoms with E-state index in [2.05, 4.69) is 9.97 Å². The summed E-state index contributed by atoms with van der Waals surface area (Å²) in [6.45, 7) is 7.24. The fourth-order valence-electron chi connectivity index (χ4n) is 2.32. The van der Waals surface area contributed by atoms with Crippen molar-refractivity contribution in [1.29, 1.82) is 0 Å². The van der Waals surface area contributed by atoms with Crippen molar-refractivity contribution in [2.45, 2.75) is 32.2 Å². The van der Waals surface area contributed by atoms with Crippen molar-refractivity contribution >= 4 is 15.9 Å². The molecule has 0 spiro atoms. The van der Waals surface area contributed by atoms with Crippen LogP contribution in [0.3, 0.4) is 0 Å². The minimum atomic E-state index is -3.54. The zero-order valence-corrected chi connectivity index (χ0v) is 13.5. The standard InChI is InChI=1S/C13H22N4O3S/c1-10(2)8-13(18)16-4-6-17(7-5-16)21(19,20)12-9-14-11(3)15-12/h9-10H,4-8H2,1-3H3,(H,14,15). The van der Waals surface area contributed by atoms with Gasteiger partial charge < -0.3 is 9.88 Å². The number of aromatic nitrogens is 2. The summed E-state index contributed by atoms with van der Waals surface area (Å²) in [4.78, 5) is 20.4. The lowest BCUT2D eigenvalue weighted by Gasteiger charge is -2.34. The molecular formula is C13H22N4O3S. The minimum Gasteiger partial charge on any atom is -0.340 e. The summed E-state index contributed by atoms with van der Waals surface area (Å²) in [5.41, 5.74) is 0. The highest BCUT2D eigenvalue weighted by Gasteiger charge is 2.31. The van der Waals surface area contributed by atoms with E-state index in [4.69, 9.17) is 0 Å². The van der Waals surface area contributed by atoms with Crippen molar-refractivity contribution in [2.24, 2.45) is 5.92 Å².